The van der Waals surface area contributed by atoms with Crippen LogP contribution in [0.5, 0.6) is 0 Å². The number of hydrogen-bond acceptors (Lipinski definition) is 3. The highest BCUT2D eigenvalue weighted by molar-refractivity contribution is 8.13. The second kappa shape index (κ2) is 4.66. The van der Waals surface area contributed by atoms with Crippen molar-refractivity contribution in [2.24, 2.45) is 16.8 Å². The molecule has 0 bridgehead atoms. The standard InChI is InChI=1S/C10H16N2S/c1-7(2)12-10(13-3)9-4-8(5-9)6-11/h7-9H,4-5H2,1-3H3/b12-10-/t8-,9-. The molecule has 0 N–H and O–H groups in total. The molecule has 0 unspecified atom stereocenters. The summed E-state index contributed by atoms with van der Waals surface area (Å²) in [5, 5.41) is 9.88. The molecular weight excluding hydrogens is 180 g/mol. The fourth-order valence-corrected chi connectivity index (χ4v) is 2.35. The quantitative estimate of drug-likeness (QED) is 0.503. The highest BCUT2D eigenvalue weighted by Gasteiger charge is 2.32. The van der Waals surface area contributed by atoms with E-state index in [0.29, 0.717) is 12.0 Å². The molecule has 0 amide bonds. The Morgan fingerprint density at radius 3 is 2.54 bits per heavy atom. The third kappa shape index (κ3) is 2.73. The van der Waals surface area contributed by atoms with Crippen LogP contribution in [-0.2, 0) is 0 Å². The lowest BCUT2D eigenvalue weighted by molar-refractivity contribution is 0.327. The number of hydrogen-bond donors (Lipinski definition) is 0. The zero-order chi connectivity index (χ0) is 9.84. The first-order valence-electron chi connectivity index (χ1n) is 4.68. The molecule has 0 aromatic rings. The van der Waals surface area contributed by atoms with Gasteiger partial charge in [-0.1, -0.05) is 0 Å². The Balaban J connectivity index is 2.47. The van der Waals surface area contributed by atoms with E-state index < -0.39 is 0 Å². The molecule has 0 spiro atoms. The van der Waals surface area contributed by atoms with Gasteiger partial charge in [-0.15, -0.1) is 11.8 Å². The number of aliphatic imine (C=N–C) groups is 1. The van der Waals surface area contributed by atoms with Crippen LogP contribution < -0.4 is 0 Å². The van der Waals surface area contributed by atoms with Gasteiger partial charge in [-0.05, 0) is 32.9 Å². The van der Waals surface area contributed by atoms with Gasteiger partial charge in [0, 0.05) is 17.9 Å². The molecule has 1 fully saturated rings. The van der Waals surface area contributed by atoms with Crippen LogP contribution >= 0.6 is 11.8 Å². The van der Waals surface area contributed by atoms with Crippen molar-refractivity contribution in [2.75, 3.05) is 6.26 Å². The highest BCUT2D eigenvalue weighted by atomic mass is 32.2. The van der Waals surface area contributed by atoms with E-state index in [-0.39, 0.29) is 5.92 Å². The summed E-state index contributed by atoms with van der Waals surface area (Å²) in [5.74, 6) is 0.858. The summed E-state index contributed by atoms with van der Waals surface area (Å²) in [4.78, 5) is 4.56. The Hall–Kier alpha value is -0.490. The number of nitriles is 1. The average molecular weight is 196 g/mol. The van der Waals surface area contributed by atoms with Crippen molar-refractivity contribution in [1.29, 1.82) is 5.26 Å². The molecule has 0 heterocycles. The molecule has 13 heavy (non-hydrogen) atoms. The predicted molar refractivity (Wildman–Crippen MR) is 57.9 cm³/mol. The molecule has 72 valence electrons. The van der Waals surface area contributed by atoms with Crippen molar-refractivity contribution in [2.45, 2.75) is 32.7 Å². The van der Waals surface area contributed by atoms with Crippen LogP contribution in [0.25, 0.3) is 0 Å². The summed E-state index contributed by atoms with van der Waals surface area (Å²) in [6.45, 7) is 4.19. The number of nitrogens with zero attached hydrogens (tertiary/aromatic N) is 2. The minimum absolute atomic E-state index is 0.287. The second-order valence-electron chi connectivity index (χ2n) is 3.76. The van der Waals surface area contributed by atoms with Gasteiger partial charge in [-0.2, -0.15) is 5.26 Å². The molecule has 0 aliphatic heterocycles. The monoisotopic (exact) mass is 196 g/mol. The van der Waals surface area contributed by atoms with Crippen LogP contribution in [0.1, 0.15) is 26.7 Å². The van der Waals surface area contributed by atoms with Crippen molar-refractivity contribution < 1.29 is 0 Å². The van der Waals surface area contributed by atoms with Crippen LogP contribution in [0, 0.1) is 23.2 Å². The first-order valence-corrected chi connectivity index (χ1v) is 5.91. The molecule has 3 heteroatoms. The maximum absolute atomic E-state index is 8.64. The summed E-state index contributed by atoms with van der Waals surface area (Å²) >= 11 is 1.74. The Morgan fingerprint density at radius 1 is 1.54 bits per heavy atom. The molecule has 1 saturated carbocycles. The molecular formula is C10H16N2S. The van der Waals surface area contributed by atoms with Gasteiger partial charge >= 0.3 is 0 Å². The highest BCUT2D eigenvalue weighted by Crippen LogP contribution is 2.36. The normalized spacial score (nSPS) is 28.4. The largest absolute Gasteiger partial charge is 0.280 e. The van der Waals surface area contributed by atoms with Gasteiger partial charge in [0.15, 0.2) is 0 Å². The van der Waals surface area contributed by atoms with Crippen LogP contribution in [-0.4, -0.2) is 17.3 Å². The van der Waals surface area contributed by atoms with Crippen molar-refractivity contribution in [3.63, 3.8) is 0 Å². The minimum Gasteiger partial charge on any atom is -0.280 e. The smallest absolute Gasteiger partial charge is 0.0708 e. The fraction of sp³-hybridized carbons (Fsp3) is 0.800. The van der Waals surface area contributed by atoms with E-state index >= 15 is 0 Å². The van der Waals surface area contributed by atoms with E-state index in [4.69, 9.17) is 5.26 Å². The van der Waals surface area contributed by atoms with Gasteiger partial charge in [0.2, 0.25) is 0 Å². The fourth-order valence-electron chi connectivity index (χ4n) is 1.50. The van der Waals surface area contributed by atoms with Gasteiger partial charge in [0.1, 0.15) is 0 Å². The summed E-state index contributed by atoms with van der Waals surface area (Å²) in [6, 6.07) is 2.68. The molecule has 0 atom stereocenters. The Kier molecular flexibility index (Phi) is 3.80. The maximum Gasteiger partial charge on any atom is 0.0708 e. The maximum atomic E-state index is 8.64. The molecule has 0 aromatic heterocycles. The van der Waals surface area contributed by atoms with Crippen LogP contribution in [0.3, 0.4) is 0 Å². The molecule has 0 saturated heterocycles. The van der Waals surface area contributed by atoms with Gasteiger partial charge in [0.25, 0.3) is 0 Å². The van der Waals surface area contributed by atoms with E-state index in [0.717, 1.165) is 12.8 Å². The lowest BCUT2D eigenvalue weighted by atomic mass is 9.76. The lowest BCUT2D eigenvalue weighted by Gasteiger charge is -2.31. The Bertz CT molecular complexity index is 234. The summed E-state index contributed by atoms with van der Waals surface area (Å²) in [6.07, 6.45) is 4.10. The molecule has 0 aromatic carbocycles. The zero-order valence-electron chi connectivity index (χ0n) is 8.45. The van der Waals surface area contributed by atoms with Crippen molar-refractivity contribution in [3.05, 3.63) is 0 Å². The lowest BCUT2D eigenvalue weighted by Crippen LogP contribution is -2.28. The Labute approximate surface area is 84.4 Å². The van der Waals surface area contributed by atoms with Crippen molar-refractivity contribution in [3.8, 4) is 6.07 Å². The second-order valence-corrected chi connectivity index (χ2v) is 4.59. The third-order valence-electron chi connectivity index (χ3n) is 2.26. The van der Waals surface area contributed by atoms with Crippen molar-refractivity contribution in [1.82, 2.24) is 0 Å². The third-order valence-corrected chi connectivity index (χ3v) is 3.12. The minimum atomic E-state index is 0.287. The van der Waals surface area contributed by atoms with Gasteiger partial charge in [-0.3, -0.25) is 4.99 Å². The first kappa shape index (κ1) is 10.6. The SMILES string of the molecule is CS/C(=N\C(C)C)[C@H]1C[C@H](C#N)C1. The molecule has 1 rings (SSSR count). The van der Waals surface area contributed by atoms with Gasteiger partial charge in [0.05, 0.1) is 11.1 Å². The average Bonchev–Trinajstić information content (AvgIpc) is 2.00. The molecule has 1 aliphatic rings. The topological polar surface area (TPSA) is 36.1 Å². The Morgan fingerprint density at radius 2 is 2.15 bits per heavy atom. The van der Waals surface area contributed by atoms with Crippen LogP contribution in [0.4, 0.5) is 0 Å². The number of rotatable bonds is 2. The van der Waals surface area contributed by atoms with E-state index in [9.17, 15) is 0 Å². The predicted octanol–water partition coefficient (Wildman–Crippen LogP) is 2.71. The zero-order valence-corrected chi connectivity index (χ0v) is 9.27. The molecule has 0 radical (unpaired) electrons. The number of thioether (sulfide) groups is 1. The van der Waals surface area contributed by atoms with E-state index in [1.165, 1.54) is 5.04 Å². The van der Waals surface area contributed by atoms with E-state index in [2.05, 4.69) is 31.2 Å². The first-order chi connectivity index (χ1) is 6.17. The summed E-state index contributed by atoms with van der Waals surface area (Å²) in [7, 11) is 0. The van der Waals surface area contributed by atoms with Crippen LogP contribution in [0.15, 0.2) is 4.99 Å². The molecule has 2 nitrogen and oxygen atoms in total. The van der Waals surface area contributed by atoms with Gasteiger partial charge in [-0.25, -0.2) is 0 Å². The molecule has 1 aliphatic carbocycles. The summed E-state index contributed by atoms with van der Waals surface area (Å²) < 4.78 is 0. The van der Waals surface area contributed by atoms with Gasteiger partial charge < -0.3 is 0 Å². The van der Waals surface area contributed by atoms with Crippen molar-refractivity contribution >= 4 is 16.8 Å². The van der Waals surface area contributed by atoms with E-state index in [1.807, 2.05) is 0 Å². The van der Waals surface area contributed by atoms with E-state index in [1.54, 1.807) is 11.8 Å². The summed E-state index contributed by atoms with van der Waals surface area (Å²) in [5.41, 5.74) is 0. The van der Waals surface area contributed by atoms with Crippen LogP contribution in [0.2, 0.25) is 0 Å².